The van der Waals surface area contributed by atoms with Crippen molar-refractivity contribution in [2.75, 3.05) is 13.1 Å². The molecule has 1 aliphatic rings. The monoisotopic (exact) mass is 236 g/mol. The summed E-state index contributed by atoms with van der Waals surface area (Å²) in [5.74, 6) is 0.525. The predicted octanol–water partition coefficient (Wildman–Crippen LogP) is 1.02. The van der Waals surface area contributed by atoms with Crippen LogP contribution in [0.4, 0.5) is 0 Å². The van der Waals surface area contributed by atoms with Crippen LogP contribution in [-0.2, 0) is 7.05 Å². The molecule has 0 amide bonds. The number of Topliss-reactive ketones (excluding diaryl/α,β-unsaturated/α-hetero) is 1. The third kappa shape index (κ3) is 2.24. The number of carbonyl (C=O) groups is 1. The van der Waals surface area contributed by atoms with Gasteiger partial charge in [0, 0.05) is 12.5 Å². The highest BCUT2D eigenvalue weighted by Gasteiger charge is 2.38. The second-order valence-corrected chi connectivity index (χ2v) is 5.34. The third-order valence-electron chi connectivity index (χ3n) is 3.85. The highest BCUT2D eigenvalue weighted by atomic mass is 16.1. The molecule has 0 spiro atoms. The van der Waals surface area contributed by atoms with E-state index in [2.05, 4.69) is 15.6 Å². The van der Waals surface area contributed by atoms with Crippen LogP contribution < -0.4 is 5.32 Å². The first-order chi connectivity index (χ1) is 8.03. The molecule has 0 saturated carbocycles. The Balaban J connectivity index is 2.19. The highest BCUT2D eigenvalue weighted by Crippen LogP contribution is 2.34. The number of nitrogens with one attached hydrogen (secondary N) is 1. The maximum Gasteiger partial charge on any atom is 0.188 e. The molecule has 1 saturated heterocycles. The molecule has 1 aromatic heterocycles. The van der Waals surface area contributed by atoms with Gasteiger partial charge >= 0.3 is 0 Å². The van der Waals surface area contributed by atoms with Crippen LogP contribution in [0.2, 0.25) is 0 Å². The van der Waals surface area contributed by atoms with E-state index in [1.807, 2.05) is 13.8 Å². The second-order valence-electron chi connectivity index (χ2n) is 5.34. The molecule has 17 heavy (non-hydrogen) atoms. The Morgan fingerprint density at radius 3 is 2.88 bits per heavy atom. The van der Waals surface area contributed by atoms with Crippen molar-refractivity contribution >= 4 is 5.78 Å². The number of piperidine rings is 1. The summed E-state index contributed by atoms with van der Waals surface area (Å²) in [7, 11) is 1.76. The third-order valence-corrected chi connectivity index (χ3v) is 3.85. The zero-order valence-corrected chi connectivity index (χ0v) is 10.7. The largest absolute Gasteiger partial charge is 0.316 e. The Morgan fingerprint density at radius 2 is 2.35 bits per heavy atom. The van der Waals surface area contributed by atoms with Crippen LogP contribution >= 0.6 is 0 Å². The van der Waals surface area contributed by atoms with Crippen molar-refractivity contribution in [2.24, 2.45) is 18.4 Å². The van der Waals surface area contributed by atoms with Crippen LogP contribution in [0.15, 0.2) is 6.20 Å². The molecule has 5 heteroatoms. The molecule has 0 aliphatic carbocycles. The van der Waals surface area contributed by atoms with E-state index in [0.29, 0.717) is 11.6 Å². The fourth-order valence-corrected chi connectivity index (χ4v) is 2.48. The van der Waals surface area contributed by atoms with E-state index >= 15 is 0 Å². The average molecular weight is 236 g/mol. The van der Waals surface area contributed by atoms with Gasteiger partial charge in [-0.3, -0.25) is 4.79 Å². The quantitative estimate of drug-likeness (QED) is 0.796. The normalized spacial score (nSPS) is 21.5. The zero-order chi connectivity index (χ0) is 12.5. The van der Waals surface area contributed by atoms with E-state index < -0.39 is 0 Å². The molecule has 1 aromatic rings. The maximum absolute atomic E-state index is 12.5. The molecule has 94 valence electrons. The molecule has 2 rings (SSSR count). The minimum atomic E-state index is -0.358. The number of hydrogen-bond donors (Lipinski definition) is 1. The van der Waals surface area contributed by atoms with Crippen molar-refractivity contribution in [3.63, 3.8) is 0 Å². The van der Waals surface area contributed by atoms with Crippen molar-refractivity contribution in [1.82, 2.24) is 20.3 Å². The number of aryl methyl sites for hydroxylation is 1. The number of carbonyl (C=O) groups excluding carboxylic acids is 1. The van der Waals surface area contributed by atoms with Crippen LogP contribution in [-0.4, -0.2) is 33.9 Å². The summed E-state index contributed by atoms with van der Waals surface area (Å²) in [4.78, 5) is 12.5. The lowest BCUT2D eigenvalue weighted by atomic mass is 9.71. The van der Waals surface area contributed by atoms with Gasteiger partial charge in [-0.2, -0.15) is 0 Å². The lowest BCUT2D eigenvalue weighted by Gasteiger charge is -2.35. The molecule has 1 atom stereocenters. The SMILES string of the molecule is Cn1nncc1C(=O)C(C)(C)C1CCCNC1. The van der Waals surface area contributed by atoms with E-state index in [1.165, 1.54) is 0 Å². The van der Waals surface area contributed by atoms with Gasteiger partial charge in [-0.25, -0.2) is 4.68 Å². The standard InChI is InChI=1S/C12H20N4O/c1-12(2,9-5-4-6-13-7-9)11(17)10-8-14-15-16(10)3/h8-9,13H,4-7H2,1-3H3. The van der Waals surface area contributed by atoms with Crippen LogP contribution in [0.3, 0.4) is 0 Å². The number of ketones is 1. The minimum absolute atomic E-state index is 0.138. The van der Waals surface area contributed by atoms with Gasteiger partial charge < -0.3 is 5.32 Å². The zero-order valence-electron chi connectivity index (χ0n) is 10.7. The molecule has 0 bridgehead atoms. The number of rotatable bonds is 3. The van der Waals surface area contributed by atoms with Gasteiger partial charge in [0.15, 0.2) is 5.78 Å². The van der Waals surface area contributed by atoms with E-state index in [4.69, 9.17) is 0 Å². The summed E-state index contributed by atoms with van der Waals surface area (Å²) >= 11 is 0. The summed E-state index contributed by atoms with van der Waals surface area (Å²) in [5, 5.41) is 11.0. The van der Waals surface area contributed by atoms with Crippen LogP contribution in [0.25, 0.3) is 0 Å². The highest BCUT2D eigenvalue weighted by molar-refractivity contribution is 5.98. The van der Waals surface area contributed by atoms with Crippen molar-refractivity contribution in [2.45, 2.75) is 26.7 Å². The van der Waals surface area contributed by atoms with Gasteiger partial charge in [0.05, 0.1) is 6.20 Å². The first-order valence-corrected chi connectivity index (χ1v) is 6.13. The van der Waals surface area contributed by atoms with Crippen molar-refractivity contribution in [3.05, 3.63) is 11.9 Å². The molecule has 1 N–H and O–H groups in total. The Kier molecular flexibility index (Phi) is 3.28. The van der Waals surface area contributed by atoms with Crippen molar-refractivity contribution in [1.29, 1.82) is 0 Å². The minimum Gasteiger partial charge on any atom is -0.316 e. The van der Waals surface area contributed by atoms with E-state index in [9.17, 15) is 4.79 Å². The maximum atomic E-state index is 12.5. The molecule has 1 unspecified atom stereocenters. The molecular formula is C12H20N4O. The number of nitrogens with zero attached hydrogens (tertiary/aromatic N) is 3. The molecule has 0 radical (unpaired) electrons. The summed E-state index contributed by atoms with van der Waals surface area (Å²) in [5.41, 5.74) is 0.240. The topological polar surface area (TPSA) is 59.8 Å². The van der Waals surface area contributed by atoms with Crippen molar-refractivity contribution in [3.8, 4) is 0 Å². The first-order valence-electron chi connectivity index (χ1n) is 6.13. The van der Waals surface area contributed by atoms with Crippen LogP contribution in [0.5, 0.6) is 0 Å². The fourth-order valence-electron chi connectivity index (χ4n) is 2.48. The molecule has 0 aromatic carbocycles. The van der Waals surface area contributed by atoms with Crippen LogP contribution in [0.1, 0.15) is 37.2 Å². The summed E-state index contributed by atoms with van der Waals surface area (Å²) in [6.45, 7) is 6.04. The van der Waals surface area contributed by atoms with E-state index in [-0.39, 0.29) is 11.2 Å². The molecule has 1 fully saturated rings. The number of aromatic nitrogens is 3. The van der Waals surface area contributed by atoms with Gasteiger partial charge in [-0.05, 0) is 31.8 Å². The molecule has 2 heterocycles. The first kappa shape index (κ1) is 12.2. The van der Waals surface area contributed by atoms with Gasteiger partial charge in [-0.1, -0.05) is 19.1 Å². The Morgan fingerprint density at radius 1 is 1.59 bits per heavy atom. The summed E-state index contributed by atoms with van der Waals surface area (Å²) < 4.78 is 1.56. The lowest BCUT2D eigenvalue weighted by molar-refractivity contribution is 0.0697. The Labute approximate surface area is 102 Å². The van der Waals surface area contributed by atoms with Gasteiger partial charge in [0.25, 0.3) is 0 Å². The van der Waals surface area contributed by atoms with Gasteiger partial charge in [0.1, 0.15) is 5.69 Å². The van der Waals surface area contributed by atoms with Crippen LogP contribution in [0, 0.1) is 11.3 Å². The smallest absolute Gasteiger partial charge is 0.188 e. The molecule has 5 nitrogen and oxygen atoms in total. The molecule has 1 aliphatic heterocycles. The lowest BCUT2D eigenvalue weighted by Crippen LogP contribution is -2.43. The molecular weight excluding hydrogens is 216 g/mol. The second kappa shape index (κ2) is 4.56. The Hall–Kier alpha value is -1.23. The Bertz CT molecular complexity index is 404. The van der Waals surface area contributed by atoms with Gasteiger partial charge in [0.2, 0.25) is 0 Å². The predicted molar refractivity (Wildman–Crippen MR) is 64.7 cm³/mol. The fraction of sp³-hybridized carbons (Fsp3) is 0.750. The summed E-state index contributed by atoms with van der Waals surface area (Å²) in [6, 6.07) is 0. The van der Waals surface area contributed by atoms with Gasteiger partial charge in [-0.15, -0.1) is 5.10 Å². The van der Waals surface area contributed by atoms with E-state index in [1.54, 1.807) is 17.9 Å². The van der Waals surface area contributed by atoms with Crippen molar-refractivity contribution < 1.29 is 4.79 Å². The average Bonchev–Trinajstić information content (AvgIpc) is 2.75. The summed E-state index contributed by atoms with van der Waals surface area (Å²) in [6.07, 6.45) is 3.81. The number of hydrogen-bond acceptors (Lipinski definition) is 4. The van der Waals surface area contributed by atoms with E-state index in [0.717, 1.165) is 25.9 Å².